The van der Waals surface area contributed by atoms with Crippen LogP contribution in [0.15, 0.2) is 29.1 Å². The second kappa shape index (κ2) is 5.78. The highest BCUT2D eigenvalue weighted by Crippen LogP contribution is 2.22. The number of amides is 5. The zero-order valence-corrected chi connectivity index (χ0v) is 13.0. The normalized spacial score (nSPS) is 19.4. The molecule has 0 radical (unpaired) electrons. The molecule has 1 aliphatic heterocycles. The van der Waals surface area contributed by atoms with Gasteiger partial charge in [-0.2, -0.15) is 0 Å². The Kier molecular flexibility index (Phi) is 3.75. The van der Waals surface area contributed by atoms with Crippen LogP contribution in [0, 0.1) is 0 Å². The molecule has 1 unspecified atom stereocenters. The highest BCUT2D eigenvalue weighted by atomic mass is 16.3. The second-order valence-electron chi connectivity index (χ2n) is 5.42. The van der Waals surface area contributed by atoms with Crippen molar-refractivity contribution in [3.05, 3.63) is 41.9 Å². The van der Waals surface area contributed by atoms with E-state index in [2.05, 4.69) is 20.9 Å². The lowest BCUT2D eigenvalue weighted by Gasteiger charge is -2.25. The number of nitrogens with zero attached hydrogens (tertiary/aromatic N) is 2. The highest BCUT2D eigenvalue weighted by Gasteiger charge is 2.50. The third-order valence-electron chi connectivity index (χ3n) is 3.77. The number of hydrogen-bond acceptors (Lipinski definition) is 6. The van der Waals surface area contributed by atoms with Crippen molar-refractivity contribution in [2.75, 3.05) is 6.54 Å². The minimum absolute atomic E-state index is 0.0378. The molecule has 5 amide bonds. The van der Waals surface area contributed by atoms with Gasteiger partial charge in [0, 0.05) is 25.5 Å². The van der Waals surface area contributed by atoms with E-state index in [1.807, 2.05) is 0 Å². The predicted octanol–water partition coefficient (Wildman–Crippen LogP) is -1.42. The first-order valence-electron chi connectivity index (χ1n) is 7.11. The zero-order chi connectivity index (χ0) is 18.2. The lowest BCUT2D eigenvalue weighted by atomic mass is 9.98. The lowest BCUT2D eigenvalue weighted by Crippen LogP contribution is -2.54. The van der Waals surface area contributed by atoms with Gasteiger partial charge in [-0.1, -0.05) is 0 Å². The van der Waals surface area contributed by atoms with Gasteiger partial charge in [-0.25, -0.2) is 9.78 Å². The molecular formula is C14H14N6O5. The highest BCUT2D eigenvalue weighted by molar-refractivity contribution is 6.07. The summed E-state index contributed by atoms with van der Waals surface area (Å²) < 4.78 is 6.53. The van der Waals surface area contributed by atoms with Crippen molar-refractivity contribution < 1.29 is 23.6 Å². The molecule has 1 atom stereocenters. The van der Waals surface area contributed by atoms with E-state index in [-0.39, 0.29) is 23.7 Å². The summed E-state index contributed by atoms with van der Waals surface area (Å²) in [4.78, 5) is 51.2. The number of imide groups is 1. The fourth-order valence-electron chi connectivity index (χ4n) is 2.51. The van der Waals surface area contributed by atoms with Gasteiger partial charge in [-0.3, -0.25) is 19.7 Å². The van der Waals surface area contributed by atoms with E-state index in [1.165, 1.54) is 12.3 Å². The zero-order valence-electron chi connectivity index (χ0n) is 13.0. The summed E-state index contributed by atoms with van der Waals surface area (Å²) in [5.74, 6) is -1.99. The van der Waals surface area contributed by atoms with Crippen molar-refractivity contribution in [3.8, 4) is 0 Å². The van der Waals surface area contributed by atoms with Gasteiger partial charge < -0.3 is 25.4 Å². The number of nitrogens with one attached hydrogen (secondary N) is 3. The minimum Gasteiger partial charge on any atom is -0.458 e. The minimum atomic E-state index is -1.57. The summed E-state index contributed by atoms with van der Waals surface area (Å²) >= 11 is 0. The van der Waals surface area contributed by atoms with E-state index < -0.39 is 29.3 Å². The number of carbonyl (C=O) groups is 4. The van der Waals surface area contributed by atoms with Crippen LogP contribution >= 0.6 is 0 Å². The van der Waals surface area contributed by atoms with Crippen LogP contribution in [-0.2, 0) is 17.4 Å². The SMILES string of the molecule is Cn1ccnc1C1(CNC(=O)c2cc(C(N)=O)co2)NC(=O)NC1=O. The number of hydrogen-bond donors (Lipinski definition) is 4. The van der Waals surface area contributed by atoms with Gasteiger partial charge in [-0.05, 0) is 0 Å². The van der Waals surface area contributed by atoms with Crippen LogP contribution < -0.4 is 21.7 Å². The van der Waals surface area contributed by atoms with Gasteiger partial charge in [0.05, 0.1) is 12.1 Å². The van der Waals surface area contributed by atoms with Gasteiger partial charge in [0.25, 0.3) is 17.7 Å². The van der Waals surface area contributed by atoms with Crippen molar-refractivity contribution in [2.24, 2.45) is 12.8 Å². The van der Waals surface area contributed by atoms with Crippen LogP contribution in [0.3, 0.4) is 0 Å². The van der Waals surface area contributed by atoms with Gasteiger partial charge in [-0.15, -0.1) is 0 Å². The summed E-state index contributed by atoms with van der Waals surface area (Å²) in [6.45, 7) is -0.277. The molecule has 5 N–H and O–H groups in total. The Morgan fingerprint density at radius 2 is 2.20 bits per heavy atom. The summed E-state index contributed by atoms with van der Waals surface area (Å²) in [5.41, 5.74) is 3.57. The molecule has 2 aromatic rings. The first-order chi connectivity index (χ1) is 11.8. The van der Waals surface area contributed by atoms with E-state index in [1.54, 1.807) is 17.8 Å². The van der Waals surface area contributed by atoms with Gasteiger partial charge in [0.1, 0.15) is 12.1 Å². The van der Waals surface area contributed by atoms with Crippen LogP contribution in [0.5, 0.6) is 0 Å². The maximum atomic E-state index is 12.3. The number of carbonyl (C=O) groups excluding carboxylic acids is 4. The summed E-state index contributed by atoms with van der Waals surface area (Å²) in [7, 11) is 1.65. The first kappa shape index (κ1) is 16.2. The topological polar surface area (TPSA) is 161 Å². The molecule has 25 heavy (non-hydrogen) atoms. The van der Waals surface area contributed by atoms with Crippen LogP contribution in [0.25, 0.3) is 0 Å². The molecule has 1 saturated heterocycles. The maximum absolute atomic E-state index is 12.3. The first-order valence-corrected chi connectivity index (χ1v) is 7.11. The third-order valence-corrected chi connectivity index (χ3v) is 3.77. The van der Waals surface area contributed by atoms with Crippen molar-refractivity contribution in [2.45, 2.75) is 5.54 Å². The Labute approximate surface area is 140 Å². The molecule has 11 heteroatoms. The predicted molar refractivity (Wildman–Crippen MR) is 81.1 cm³/mol. The van der Waals surface area contributed by atoms with Gasteiger partial charge >= 0.3 is 6.03 Å². The number of urea groups is 1. The number of aromatic nitrogens is 2. The number of aryl methyl sites for hydroxylation is 1. The third kappa shape index (κ3) is 2.71. The van der Waals surface area contributed by atoms with Crippen molar-refractivity contribution in [1.29, 1.82) is 0 Å². The molecule has 0 aliphatic carbocycles. The van der Waals surface area contributed by atoms with Crippen molar-refractivity contribution in [3.63, 3.8) is 0 Å². The summed E-state index contributed by atoms with van der Waals surface area (Å²) in [6, 6.07) is 0.481. The fraction of sp³-hybridized carbons (Fsp3) is 0.214. The smallest absolute Gasteiger partial charge is 0.322 e. The van der Waals surface area contributed by atoms with E-state index in [0.717, 1.165) is 6.26 Å². The molecule has 0 aromatic carbocycles. The maximum Gasteiger partial charge on any atom is 0.322 e. The van der Waals surface area contributed by atoms with E-state index in [9.17, 15) is 19.2 Å². The average molecular weight is 346 g/mol. The van der Waals surface area contributed by atoms with Crippen LogP contribution in [0.2, 0.25) is 0 Å². The van der Waals surface area contributed by atoms with Crippen LogP contribution in [0.1, 0.15) is 26.7 Å². The molecule has 0 bridgehead atoms. The monoisotopic (exact) mass is 346 g/mol. The Hall–Kier alpha value is -3.63. The number of imidazole rings is 1. The lowest BCUT2D eigenvalue weighted by molar-refractivity contribution is -0.124. The summed E-state index contributed by atoms with van der Waals surface area (Å²) in [5, 5.41) is 7.10. The Bertz CT molecular complexity index is 884. The number of primary amides is 1. The molecule has 0 spiro atoms. The number of rotatable bonds is 5. The van der Waals surface area contributed by atoms with E-state index >= 15 is 0 Å². The van der Waals surface area contributed by atoms with Gasteiger partial charge in [0.15, 0.2) is 11.3 Å². The fourth-order valence-corrected chi connectivity index (χ4v) is 2.51. The Balaban J connectivity index is 1.83. The molecular weight excluding hydrogens is 332 g/mol. The van der Waals surface area contributed by atoms with Crippen molar-refractivity contribution >= 4 is 23.8 Å². The van der Waals surface area contributed by atoms with Crippen molar-refractivity contribution in [1.82, 2.24) is 25.5 Å². The molecule has 3 rings (SSSR count). The molecule has 1 aliphatic rings. The molecule has 11 nitrogen and oxygen atoms in total. The summed E-state index contributed by atoms with van der Waals surface area (Å²) in [6.07, 6.45) is 4.11. The second-order valence-corrected chi connectivity index (χ2v) is 5.42. The van der Waals surface area contributed by atoms with E-state index in [4.69, 9.17) is 10.2 Å². The molecule has 130 valence electrons. The largest absolute Gasteiger partial charge is 0.458 e. The molecule has 3 heterocycles. The van der Waals surface area contributed by atoms with Crippen LogP contribution in [-0.4, -0.2) is 39.8 Å². The standard InChI is InChI=1S/C14H14N6O5/c1-20-3-2-16-11(20)14(12(23)18-13(24)19-14)6-17-10(22)8-4-7(5-25-8)9(15)21/h2-5H,6H2,1H3,(H2,15,21)(H,17,22)(H2,18,19,23,24). The number of furan rings is 1. The van der Waals surface area contributed by atoms with Crippen LogP contribution in [0.4, 0.5) is 4.79 Å². The Morgan fingerprint density at radius 1 is 1.44 bits per heavy atom. The van der Waals surface area contributed by atoms with E-state index in [0.29, 0.717) is 0 Å². The van der Waals surface area contributed by atoms with Gasteiger partial charge in [0.2, 0.25) is 0 Å². The quantitative estimate of drug-likeness (QED) is 0.486. The average Bonchev–Trinajstić information content (AvgIpc) is 3.25. The molecule has 2 aromatic heterocycles. The molecule has 0 saturated carbocycles. The Morgan fingerprint density at radius 3 is 2.72 bits per heavy atom. The number of nitrogens with two attached hydrogens (primary N) is 1. The molecule has 1 fully saturated rings.